The lowest BCUT2D eigenvalue weighted by Gasteiger charge is -2.23. The predicted molar refractivity (Wildman–Crippen MR) is 97.8 cm³/mol. The normalized spacial score (nSPS) is 12.3. The van der Waals surface area contributed by atoms with Gasteiger partial charge in [-0.25, -0.2) is 0 Å². The summed E-state index contributed by atoms with van der Waals surface area (Å²) < 4.78 is 12.6. The summed E-state index contributed by atoms with van der Waals surface area (Å²) in [6.45, 7) is 3.18. The van der Waals surface area contributed by atoms with Crippen molar-refractivity contribution in [3.05, 3.63) is 65.2 Å². The minimum atomic E-state index is -2.70. The molecule has 0 saturated carbocycles. The summed E-state index contributed by atoms with van der Waals surface area (Å²) in [5, 5.41) is 21.2. The Labute approximate surface area is 146 Å². The average molecular weight is 359 g/mol. The van der Waals surface area contributed by atoms with E-state index in [1.54, 1.807) is 37.6 Å². The zero-order valence-corrected chi connectivity index (χ0v) is 14.8. The molecule has 0 aromatic heterocycles. The molecule has 2 rings (SSSR count). The summed E-state index contributed by atoms with van der Waals surface area (Å²) in [5.41, 5.74) is 0.918. The van der Waals surface area contributed by atoms with Crippen LogP contribution in [0.4, 0.5) is 0 Å². The summed E-state index contributed by atoms with van der Waals surface area (Å²) in [7, 11) is -4.50. The van der Waals surface area contributed by atoms with Crippen LogP contribution in [0.5, 0.6) is 0 Å². The monoisotopic (exact) mass is 359 g/mol. The Balaban J connectivity index is 2.33. The third-order valence-corrected chi connectivity index (χ3v) is 5.43. The SMILES string of the molecule is CP(C)(=O)C(NC(=O)c1ccc(B(O)O)c(C=O)c1)c1ccccc1. The van der Waals surface area contributed by atoms with Crippen LogP contribution in [-0.4, -0.2) is 42.7 Å². The molecule has 0 aliphatic rings. The van der Waals surface area contributed by atoms with Crippen LogP contribution in [0, 0.1) is 0 Å². The molecule has 0 aliphatic heterocycles. The maximum Gasteiger partial charge on any atom is 0.489 e. The lowest BCUT2D eigenvalue weighted by Crippen LogP contribution is -2.34. The summed E-state index contributed by atoms with van der Waals surface area (Å²) in [5.74, 6) is -1.16. The van der Waals surface area contributed by atoms with E-state index in [0.717, 1.165) is 5.56 Å². The minimum Gasteiger partial charge on any atom is -0.423 e. The molecule has 25 heavy (non-hydrogen) atoms. The molecule has 0 radical (unpaired) electrons. The number of carbonyl (C=O) groups excluding carboxylic acids is 2. The van der Waals surface area contributed by atoms with Gasteiger partial charge in [0.15, 0.2) is 0 Å². The second-order valence-corrected chi connectivity index (χ2v) is 9.44. The van der Waals surface area contributed by atoms with Gasteiger partial charge in [0.25, 0.3) is 5.91 Å². The van der Waals surface area contributed by atoms with Crippen LogP contribution < -0.4 is 10.8 Å². The smallest absolute Gasteiger partial charge is 0.423 e. The summed E-state index contributed by atoms with van der Waals surface area (Å²) in [6.07, 6.45) is 0.449. The van der Waals surface area contributed by atoms with Gasteiger partial charge in [-0.1, -0.05) is 36.4 Å². The Morgan fingerprint density at radius 1 is 1.16 bits per heavy atom. The van der Waals surface area contributed by atoms with Gasteiger partial charge >= 0.3 is 7.12 Å². The maximum atomic E-state index is 12.6. The van der Waals surface area contributed by atoms with Gasteiger partial charge in [0.1, 0.15) is 19.2 Å². The van der Waals surface area contributed by atoms with Crippen molar-refractivity contribution in [1.29, 1.82) is 0 Å². The largest absolute Gasteiger partial charge is 0.489 e. The third kappa shape index (κ3) is 4.66. The van der Waals surface area contributed by atoms with Crippen LogP contribution in [0.3, 0.4) is 0 Å². The number of amides is 1. The topological polar surface area (TPSA) is 104 Å². The molecular formula is C17H19BNO5P. The van der Waals surface area contributed by atoms with Crippen LogP contribution >= 0.6 is 7.14 Å². The van der Waals surface area contributed by atoms with Gasteiger partial charge in [-0.05, 0) is 36.5 Å². The summed E-state index contributed by atoms with van der Waals surface area (Å²) in [4.78, 5) is 23.7. The van der Waals surface area contributed by atoms with Gasteiger partial charge in [-0.3, -0.25) is 9.59 Å². The number of aldehydes is 1. The van der Waals surface area contributed by atoms with E-state index in [0.29, 0.717) is 6.29 Å². The predicted octanol–water partition coefficient (Wildman–Crippen LogP) is 1.23. The molecule has 6 nitrogen and oxygen atoms in total. The zero-order valence-electron chi connectivity index (χ0n) is 13.9. The van der Waals surface area contributed by atoms with Gasteiger partial charge in [-0.15, -0.1) is 0 Å². The van der Waals surface area contributed by atoms with E-state index in [1.165, 1.54) is 18.2 Å². The van der Waals surface area contributed by atoms with Crippen molar-refractivity contribution in [1.82, 2.24) is 5.32 Å². The minimum absolute atomic E-state index is 0.00934. The van der Waals surface area contributed by atoms with E-state index >= 15 is 0 Å². The molecule has 1 amide bonds. The highest BCUT2D eigenvalue weighted by molar-refractivity contribution is 7.62. The van der Waals surface area contributed by atoms with Crippen molar-refractivity contribution < 1.29 is 24.2 Å². The molecule has 3 N–H and O–H groups in total. The van der Waals surface area contributed by atoms with Crippen molar-refractivity contribution in [2.24, 2.45) is 0 Å². The summed E-state index contributed by atoms with van der Waals surface area (Å²) in [6, 6.07) is 13.0. The number of carbonyl (C=O) groups is 2. The highest BCUT2D eigenvalue weighted by Crippen LogP contribution is 2.50. The third-order valence-electron chi connectivity index (χ3n) is 3.76. The van der Waals surface area contributed by atoms with Crippen molar-refractivity contribution in [2.45, 2.75) is 5.78 Å². The number of hydrogen-bond acceptors (Lipinski definition) is 5. The van der Waals surface area contributed by atoms with Gasteiger partial charge < -0.3 is 19.9 Å². The zero-order chi connectivity index (χ0) is 18.6. The molecule has 0 saturated heterocycles. The standard InChI is InChI=1S/C17H19BNO5P/c1-25(2,24)17(12-6-4-3-5-7-12)19-16(21)13-8-9-15(18(22)23)14(10-13)11-20/h3-11,17,22-23H,1-2H3,(H,19,21). The molecule has 1 atom stereocenters. The molecular weight excluding hydrogens is 340 g/mol. The molecule has 2 aromatic rings. The molecule has 8 heteroatoms. The van der Waals surface area contributed by atoms with Gasteiger partial charge in [-0.2, -0.15) is 0 Å². The van der Waals surface area contributed by atoms with E-state index in [1.807, 2.05) is 6.07 Å². The summed E-state index contributed by atoms with van der Waals surface area (Å²) >= 11 is 0. The van der Waals surface area contributed by atoms with Gasteiger partial charge in [0.2, 0.25) is 0 Å². The Kier molecular flexibility index (Phi) is 5.95. The van der Waals surface area contributed by atoms with Crippen molar-refractivity contribution >= 4 is 31.9 Å². The highest BCUT2D eigenvalue weighted by Gasteiger charge is 2.27. The van der Waals surface area contributed by atoms with E-state index < -0.39 is 26.0 Å². The Bertz CT molecular complexity index is 819. The van der Waals surface area contributed by atoms with Gasteiger partial charge in [0.05, 0.1) is 0 Å². The van der Waals surface area contributed by atoms with Gasteiger partial charge in [0, 0.05) is 11.1 Å². The maximum absolute atomic E-state index is 12.6. The Morgan fingerprint density at radius 2 is 1.80 bits per heavy atom. The molecule has 0 bridgehead atoms. The Hall–Kier alpha value is -2.21. The Morgan fingerprint density at radius 3 is 2.32 bits per heavy atom. The first kappa shape index (κ1) is 19.1. The molecule has 130 valence electrons. The number of benzene rings is 2. The second-order valence-electron chi connectivity index (χ2n) is 6.06. The number of rotatable bonds is 6. The number of hydrogen-bond donors (Lipinski definition) is 3. The van der Waals surface area contributed by atoms with E-state index in [2.05, 4.69) is 5.32 Å². The molecule has 0 aliphatic carbocycles. The van der Waals surface area contributed by atoms with Crippen LogP contribution in [0.15, 0.2) is 48.5 Å². The number of nitrogens with one attached hydrogen (secondary N) is 1. The van der Waals surface area contributed by atoms with Crippen molar-refractivity contribution in [3.8, 4) is 0 Å². The van der Waals surface area contributed by atoms with Crippen LogP contribution in [0.2, 0.25) is 0 Å². The van der Waals surface area contributed by atoms with Crippen molar-refractivity contribution in [2.75, 3.05) is 13.3 Å². The average Bonchev–Trinajstić information content (AvgIpc) is 2.58. The molecule has 2 aromatic carbocycles. The quantitative estimate of drug-likeness (QED) is 0.409. The fraction of sp³-hybridized carbons (Fsp3) is 0.176. The van der Waals surface area contributed by atoms with Crippen LogP contribution in [0.25, 0.3) is 0 Å². The second kappa shape index (κ2) is 7.78. The van der Waals surface area contributed by atoms with E-state index in [4.69, 9.17) is 0 Å². The lowest BCUT2D eigenvalue weighted by molar-refractivity contribution is 0.0947. The van der Waals surface area contributed by atoms with Crippen LogP contribution in [0.1, 0.15) is 32.1 Å². The first-order chi connectivity index (χ1) is 11.7. The lowest BCUT2D eigenvalue weighted by atomic mass is 9.77. The van der Waals surface area contributed by atoms with Crippen LogP contribution in [-0.2, 0) is 4.57 Å². The van der Waals surface area contributed by atoms with E-state index in [-0.39, 0.29) is 16.6 Å². The molecule has 0 spiro atoms. The first-order valence-electron chi connectivity index (χ1n) is 7.59. The molecule has 1 unspecified atom stereocenters. The van der Waals surface area contributed by atoms with Crippen molar-refractivity contribution in [3.63, 3.8) is 0 Å². The fourth-order valence-corrected chi connectivity index (χ4v) is 3.81. The molecule has 0 heterocycles. The molecule has 0 fully saturated rings. The first-order valence-corrected chi connectivity index (χ1v) is 10.3. The van der Waals surface area contributed by atoms with E-state index in [9.17, 15) is 24.2 Å². The fourth-order valence-electron chi connectivity index (χ4n) is 2.49. The highest BCUT2D eigenvalue weighted by atomic mass is 31.2.